The number of rotatable bonds is 2. The topological polar surface area (TPSA) is 46.1 Å². The molecule has 1 aliphatic heterocycles. The molecule has 0 aromatic carbocycles. The summed E-state index contributed by atoms with van der Waals surface area (Å²) in [6, 6.07) is 1.95. The third kappa shape index (κ3) is 2.27. The van der Waals surface area contributed by atoms with Crippen LogP contribution in [0.5, 0.6) is 0 Å². The van der Waals surface area contributed by atoms with E-state index in [-0.39, 0.29) is 5.91 Å². The molecule has 2 heterocycles. The van der Waals surface area contributed by atoms with Gasteiger partial charge >= 0.3 is 0 Å². The van der Waals surface area contributed by atoms with Crippen LogP contribution in [0.1, 0.15) is 24.5 Å². The third-order valence-electron chi connectivity index (χ3n) is 3.00. The molecule has 16 heavy (non-hydrogen) atoms. The molecule has 4 heteroatoms. The molecule has 1 aromatic rings. The largest absolute Gasteiger partial charge is 0.339 e. The normalized spacial score (nSPS) is 17.1. The first-order chi connectivity index (χ1) is 7.81. The fraction of sp³-hybridized carbons (Fsp3) is 0.417. The number of carbonyl (C=O) groups is 1. The second-order valence-corrected chi connectivity index (χ2v) is 3.94. The molecule has 1 aromatic heterocycles. The molecule has 0 unspecified atom stereocenters. The molecule has 0 atom stereocenters. The highest BCUT2D eigenvalue weighted by Crippen LogP contribution is 2.25. The summed E-state index contributed by atoms with van der Waals surface area (Å²) in [4.78, 5) is 21.4. The maximum atomic E-state index is 11.4. The van der Waals surface area contributed by atoms with Gasteiger partial charge in [0, 0.05) is 30.9 Å². The molecular weight excluding hydrogens is 202 g/mol. The molecule has 0 radical (unpaired) electrons. The lowest BCUT2D eigenvalue weighted by molar-refractivity contribution is -0.127. The van der Waals surface area contributed by atoms with Crippen molar-refractivity contribution in [3.63, 3.8) is 0 Å². The zero-order valence-corrected chi connectivity index (χ0v) is 9.17. The maximum absolute atomic E-state index is 11.4. The Hall–Kier alpha value is -1.71. The van der Waals surface area contributed by atoms with Crippen LogP contribution in [-0.4, -0.2) is 33.9 Å². The van der Waals surface area contributed by atoms with Gasteiger partial charge < -0.3 is 4.90 Å². The molecule has 1 fully saturated rings. The Morgan fingerprint density at radius 2 is 2.25 bits per heavy atom. The van der Waals surface area contributed by atoms with Gasteiger partial charge in [-0.25, -0.2) is 9.97 Å². The van der Waals surface area contributed by atoms with Gasteiger partial charge in [0.25, 0.3) is 0 Å². The van der Waals surface area contributed by atoms with E-state index in [1.165, 1.54) is 6.08 Å². The van der Waals surface area contributed by atoms with Crippen LogP contribution in [-0.2, 0) is 4.79 Å². The molecule has 0 N–H and O–H groups in total. The summed E-state index contributed by atoms with van der Waals surface area (Å²) in [5.74, 6) is 0.484. The van der Waals surface area contributed by atoms with Gasteiger partial charge in [0.2, 0.25) is 5.91 Å². The number of likely N-dealkylation sites (tertiary alicyclic amines) is 1. The zero-order valence-electron chi connectivity index (χ0n) is 9.17. The summed E-state index contributed by atoms with van der Waals surface area (Å²) >= 11 is 0. The number of hydrogen-bond acceptors (Lipinski definition) is 3. The first-order valence-corrected chi connectivity index (χ1v) is 5.48. The summed E-state index contributed by atoms with van der Waals surface area (Å²) in [5.41, 5.74) is 1.08. The van der Waals surface area contributed by atoms with Gasteiger partial charge in [-0.05, 0) is 25.0 Å². The van der Waals surface area contributed by atoms with E-state index in [0.717, 1.165) is 31.6 Å². The van der Waals surface area contributed by atoms with Crippen molar-refractivity contribution in [2.24, 2.45) is 0 Å². The predicted molar refractivity (Wildman–Crippen MR) is 60.8 cm³/mol. The van der Waals surface area contributed by atoms with Crippen LogP contribution >= 0.6 is 0 Å². The summed E-state index contributed by atoms with van der Waals surface area (Å²) < 4.78 is 0. The molecule has 0 bridgehead atoms. The van der Waals surface area contributed by atoms with Gasteiger partial charge in [-0.1, -0.05) is 6.58 Å². The van der Waals surface area contributed by atoms with Gasteiger partial charge in [-0.2, -0.15) is 0 Å². The van der Waals surface area contributed by atoms with Gasteiger partial charge in [0.15, 0.2) is 0 Å². The van der Waals surface area contributed by atoms with Crippen molar-refractivity contribution >= 4 is 5.91 Å². The van der Waals surface area contributed by atoms with Gasteiger partial charge in [-0.3, -0.25) is 4.79 Å². The minimum Gasteiger partial charge on any atom is -0.339 e. The Kier molecular flexibility index (Phi) is 3.29. The van der Waals surface area contributed by atoms with Crippen LogP contribution < -0.4 is 0 Å². The average Bonchev–Trinajstić information content (AvgIpc) is 2.39. The van der Waals surface area contributed by atoms with E-state index >= 15 is 0 Å². The summed E-state index contributed by atoms with van der Waals surface area (Å²) in [6.07, 6.45) is 6.67. The second kappa shape index (κ2) is 4.88. The SMILES string of the molecule is C=CC(=O)N1CCC(c2ccncn2)CC1. The van der Waals surface area contributed by atoms with Crippen LogP contribution in [0.3, 0.4) is 0 Å². The van der Waals surface area contributed by atoms with Crippen LogP contribution in [0.4, 0.5) is 0 Å². The van der Waals surface area contributed by atoms with Gasteiger partial charge in [0.1, 0.15) is 6.33 Å². The number of nitrogens with zero attached hydrogens (tertiary/aromatic N) is 3. The van der Waals surface area contributed by atoms with Crippen molar-refractivity contribution in [3.05, 3.63) is 36.9 Å². The standard InChI is InChI=1S/C12H15N3O/c1-2-12(16)15-7-4-10(5-8-15)11-3-6-13-9-14-11/h2-3,6,9-10H,1,4-5,7-8H2. The lowest BCUT2D eigenvalue weighted by Gasteiger charge is -2.30. The highest BCUT2D eigenvalue weighted by molar-refractivity contribution is 5.87. The fourth-order valence-corrected chi connectivity index (χ4v) is 2.07. The Morgan fingerprint density at radius 1 is 1.50 bits per heavy atom. The first-order valence-electron chi connectivity index (χ1n) is 5.48. The lowest BCUT2D eigenvalue weighted by atomic mass is 9.93. The van der Waals surface area contributed by atoms with E-state index in [4.69, 9.17) is 0 Å². The molecule has 4 nitrogen and oxygen atoms in total. The van der Waals surface area contributed by atoms with Crippen molar-refractivity contribution in [1.82, 2.24) is 14.9 Å². The Labute approximate surface area is 95.0 Å². The third-order valence-corrected chi connectivity index (χ3v) is 3.00. The fourth-order valence-electron chi connectivity index (χ4n) is 2.07. The highest BCUT2D eigenvalue weighted by Gasteiger charge is 2.22. The molecule has 2 rings (SSSR count). The van der Waals surface area contributed by atoms with Crippen molar-refractivity contribution in [2.45, 2.75) is 18.8 Å². The van der Waals surface area contributed by atoms with E-state index in [1.807, 2.05) is 11.0 Å². The summed E-state index contributed by atoms with van der Waals surface area (Å²) in [7, 11) is 0. The molecule has 84 valence electrons. The molecule has 0 saturated carbocycles. The van der Waals surface area contributed by atoms with Gasteiger partial charge in [0.05, 0.1) is 0 Å². The predicted octanol–water partition coefficient (Wildman–Crippen LogP) is 1.37. The monoisotopic (exact) mass is 217 g/mol. The smallest absolute Gasteiger partial charge is 0.245 e. The lowest BCUT2D eigenvalue weighted by Crippen LogP contribution is -2.36. The van der Waals surface area contributed by atoms with Crippen LogP contribution in [0, 0.1) is 0 Å². The van der Waals surface area contributed by atoms with E-state index in [9.17, 15) is 4.79 Å². The van der Waals surface area contributed by atoms with Crippen molar-refractivity contribution in [3.8, 4) is 0 Å². The minimum atomic E-state index is 0.0288. The number of amides is 1. The van der Waals surface area contributed by atoms with E-state index < -0.39 is 0 Å². The quantitative estimate of drug-likeness (QED) is 0.703. The van der Waals surface area contributed by atoms with Gasteiger partial charge in [-0.15, -0.1) is 0 Å². The highest BCUT2D eigenvalue weighted by atomic mass is 16.2. The summed E-state index contributed by atoms with van der Waals surface area (Å²) in [6.45, 7) is 5.08. The minimum absolute atomic E-state index is 0.0288. The summed E-state index contributed by atoms with van der Waals surface area (Å²) in [5, 5.41) is 0. The maximum Gasteiger partial charge on any atom is 0.245 e. The Morgan fingerprint density at radius 3 is 2.81 bits per heavy atom. The first kappa shape index (κ1) is 10.8. The van der Waals surface area contributed by atoms with Crippen LogP contribution in [0.25, 0.3) is 0 Å². The average molecular weight is 217 g/mol. The molecule has 0 spiro atoms. The molecule has 1 saturated heterocycles. The van der Waals surface area contributed by atoms with E-state index in [1.54, 1.807) is 12.5 Å². The van der Waals surface area contributed by atoms with E-state index in [2.05, 4.69) is 16.5 Å². The van der Waals surface area contributed by atoms with E-state index in [0.29, 0.717) is 5.92 Å². The van der Waals surface area contributed by atoms with Crippen LogP contribution in [0.2, 0.25) is 0 Å². The molecule has 1 amide bonds. The Bertz CT molecular complexity index is 369. The second-order valence-electron chi connectivity index (χ2n) is 3.94. The van der Waals surface area contributed by atoms with Crippen molar-refractivity contribution in [1.29, 1.82) is 0 Å². The molecule has 1 aliphatic rings. The zero-order chi connectivity index (χ0) is 11.4. The number of carbonyl (C=O) groups excluding carboxylic acids is 1. The number of hydrogen-bond donors (Lipinski definition) is 0. The van der Waals surface area contributed by atoms with Crippen molar-refractivity contribution in [2.75, 3.05) is 13.1 Å². The molecular formula is C12H15N3O. The number of aromatic nitrogens is 2. The van der Waals surface area contributed by atoms with Crippen molar-refractivity contribution < 1.29 is 4.79 Å². The Balaban J connectivity index is 1.95. The van der Waals surface area contributed by atoms with Crippen LogP contribution in [0.15, 0.2) is 31.2 Å². The molecule has 0 aliphatic carbocycles. The number of piperidine rings is 1.